The van der Waals surface area contributed by atoms with E-state index >= 15 is 0 Å². The number of alkyl carbamates (subject to hydrolysis) is 1. The van der Waals surface area contributed by atoms with Gasteiger partial charge in [0.25, 0.3) is 0 Å². The van der Waals surface area contributed by atoms with Gasteiger partial charge in [-0.1, -0.05) is 50.6 Å². The molecule has 13 heteroatoms. The first kappa shape index (κ1) is 36.6. The Morgan fingerprint density at radius 2 is 1.59 bits per heavy atom. The van der Waals surface area contributed by atoms with E-state index in [0.29, 0.717) is 44.1 Å². The van der Waals surface area contributed by atoms with Gasteiger partial charge in [0.2, 0.25) is 11.8 Å². The topological polar surface area (TPSA) is 201 Å². The molecule has 8 N–H and O–H groups in total. The number of rotatable bonds is 19. The highest BCUT2D eigenvalue weighted by atomic mass is 16.5. The molecule has 1 unspecified atom stereocenters. The summed E-state index contributed by atoms with van der Waals surface area (Å²) in [7, 11) is 0. The van der Waals surface area contributed by atoms with E-state index in [9.17, 15) is 29.1 Å². The van der Waals surface area contributed by atoms with E-state index in [-0.39, 0.29) is 43.9 Å². The number of amides is 5. The third-order valence-corrected chi connectivity index (χ3v) is 8.89. The van der Waals surface area contributed by atoms with E-state index in [1.165, 1.54) is 6.42 Å². The van der Waals surface area contributed by atoms with Crippen molar-refractivity contribution in [2.45, 2.75) is 109 Å². The zero-order chi connectivity index (χ0) is 33.5. The summed E-state index contributed by atoms with van der Waals surface area (Å²) in [6.45, 7) is 4.54. The maximum Gasteiger partial charge on any atom is 0.407 e. The van der Waals surface area contributed by atoms with Crippen molar-refractivity contribution in [3.8, 4) is 0 Å². The maximum absolute atomic E-state index is 13.5. The minimum absolute atomic E-state index is 0.114. The molecule has 0 spiro atoms. The molecule has 6 atom stereocenters. The van der Waals surface area contributed by atoms with Crippen molar-refractivity contribution < 1.29 is 33.8 Å². The number of carboxylic acid groups (broad SMARTS) is 1. The average Bonchev–Trinajstić information content (AvgIpc) is 3.65. The van der Waals surface area contributed by atoms with Crippen molar-refractivity contribution >= 4 is 29.9 Å². The SMILES string of the molecule is CC(C)[C@H](NC(=O)[C@@H](CCCCNC(=O)OCc1ccccc1)NC(=O)N[C@@H](CCCCN)C(=O)O)C(=O)NC1C[C@@H]2CC[C@H]1C2. The first-order valence-electron chi connectivity index (χ1n) is 16.6. The fraction of sp³-hybridized carbons (Fsp3) is 0.667. The zero-order valence-electron chi connectivity index (χ0n) is 27.1. The summed E-state index contributed by atoms with van der Waals surface area (Å²) in [4.78, 5) is 63.5. The lowest BCUT2D eigenvalue weighted by molar-refractivity contribution is -0.139. The fourth-order valence-electron chi connectivity index (χ4n) is 6.30. The highest BCUT2D eigenvalue weighted by Gasteiger charge is 2.41. The molecular formula is C33H52N6O7. The molecule has 0 saturated heterocycles. The van der Waals surface area contributed by atoms with Gasteiger partial charge in [0.05, 0.1) is 0 Å². The third-order valence-electron chi connectivity index (χ3n) is 8.89. The van der Waals surface area contributed by atoms with Crippen LogP contribution in [-0.4, -0.2) is 72.3 Å². The predicted molar refractivity (Wildman–Crippen MR) is 172 cm³/mol. The van der Waals surface area contributed by atoms with Gasteiger partial charge in [-0.05, 0) is 87.6 Å². The first-order valence-corrected chi connectivity index (χ1v) is 16.6. The molecule has 46 heavy (non-hydrogen) atoms. The molecular weight excluding hydrogens is 592 g/mol. The zero-order valence-corrected chi connectivity index (χ0v) is 27.1. The summed E-state index contributed by atoms with van der Waals surface area (Å²) in [5, 5.41) is 23.3. The molecule has 2 saturated carbocycles. The molecule has 2 bridgehead atoms. The smallest absolute Gasteiger partial charge is 0.407 e. The van der Waals surface area contributed by atoms with Gasteiger partial charge < -0.3 is 42.2 Å². The van der Waals surface area contributed by atoms with Crippen molar-refractivity contribution in [2.75, 3.05) is 13.1 Å². The number of fused-ring (bicyclic) bond motifs is 2. The number of carbonyl (C=O) groups excluding carboxylic acids is 4. The minimum Gasteiger partial charge on any atom is -0.480 e. The summed E-state index contributed by atoms with van der Waals surface area (Å²) in [6.07, 6.45) is 6.31. The molecule has 5 amide bonds. The Morgan fingerprint density at radius 3 is 2.22 bits per heavy atom. The van der Waals surface area contributed by atoms with Gasteiger partial charge in [-0.3, -0.25) is 9.59 Å². The van der Waals surface area contributed by atoms with Crippen LogP contribution in [0.25, 0.3) is 0 Å². The molecule has 256 valence electrons. The van der Waals surface area contributed by atoms with Crippen LogP contribution in [0.3, 0.4) is 0 Å². The number of hydrogen-bond donors (Lipinski definition) is 7. The quantitative estimate of drug-likeness (QED) is 0.111. The lowest BCUT2D eigenvalue weighted by Gasteiger charge is -2.29. The van der Waals surface area contributed by atoms with Crippen LogP contribution in [-0.2, 0) is 25.7 Å². The Morgan fingerprint density at radius 1 is 0.891 bits per heavy atom. The number of carboxylic acids is 1. The number of ether oxygens (including phenoxy) is 1. The molecule has 3 rings (SSSR count). The normalized spacial score (nSPS) is 20.3. The standard InChI is InChI=1S/C33H52N6O7/c1-21(2)28(30(41)36-27-19-23-14-15-24(27)18-23)39-29(40)25(37-32(44)38-26(31(42)43)13-6-8-16-34)12-7-9-17-35-33(45)46-20-22-10-4-3-5-11-22/h3-5,10-11,21,23-28H,6-9,12-20,34H2,1-2H3,(H,35,45)(H,36,41)(H,39,40)(H,42,43)(H2,37,38,44)/t23-,24+,25-,26+,27?,28+/m1/s1. The number of aliphatic carboxylic acids is 1. The molecule has 2 fully saturated rings. The molecule has 0 radical (unpaired) electrons. The van der Waals surface area contributed by atoms with Gasteiger partial charge in [-0.15, -0.1) is 0 Å². The molecule has 0 heterocycles. The van der Waals surface area contributed by atoms with E-state index in [1.807, 2.05) is 44.2 Å². The van der Waals surface area contributed by atoms with Crippen molar-refractivity contribution in [2.24, 2.45) is 23.5 Å². The number of hydrogen-bond acceptors (Lipinski definition) is 7. The van der Waals surface area contributed by atoms with Crippen LogP contribution in [0.1, 0.15) is 83.6 Å². The summed E-state index contributed by atoms with van der Waals surface area (Å²) in [5.74, 6) is -1.04. The number of benzene rings is 1. The Hall–Kier alpha value is -3.87. The largest absolute Gasteiger partial charge is 0.480 e. The van der Waals surface area contributed by atoms with Gasteiger partial charge in [-0.2, -0.15) is 0 Å². The van der Waals surface area contributed by atoms with E-state index in [2.05, 4.69) is 26.6 Å². The summed E-state index contributed by atoms with van der Waals surface area (Å²) < 4.78 is 5.22. The van der Waals surface area contributed by atoms with Crippen LogP contribution >= 0.6 is 0 Å². The molecule has 2 aliphatic carbocycles. The molecule has 1 aromatic rings. The lowest BCUT2D eigenvalue weighted by atomic mass is 9.94. The van der Waals surface area contributed by atoms with Crippen LogP contribution in [0.4, 0.5) is 9.59 Å². The highest BCUT2D eigenvalue weighted by Crippen LogP contribution is 2.44. The van der Waals surface area contributed by atoms with Crippen LogP contribution in [0.2, 0.25) is 0 Å². The Labute approximate surface area is 271 Å². The van der Waals surface area contributed by atoms with Gasteiger partial charge in [0.1, 0.15) is 24.7 Å². The molecule has 0 aromatic heterocycles. The lowest BCUT2D eigenvalue weighted by Crippen LogP contribution is -2.58. The monoisotopic (exact) mass is 644 g/mol. The van der Waals surface area contributed by atoms with E-state index in [1.54, 1.807) is 0 Å². The minimum atomic E-state index is -1.18. The summed E-state index contributed by atoms with van der Waals surface area (Å²) >= 11 is 0. The van der Waals surface area contributed by atoms with Gasteiger partial charge in [0, 0.05) is 12.6 Å². The second-order valence-electron chi connectivity index (χ2n) is 12.9. The van der Waals surface area contributed by atoms with E-state index in [4.69, 9.17) is 10.5 Å². The maximum atomic E-state index is 13.5. The molecule has 0 aliphatic heterocycles. The molecule has 13 nitrogen and oxygen atoms in total. The second-order valence-corrected chi connectivity index (χ2v) is 12.9. The van der Waals surface area contributed by atoms with E-state index in [0.717, 1.165) is 24.8 Å². The summed E-state index contributed by atoms with van der Waals surface area (Å²) in [6, 6.07) is 5.63. The van der Waals surface area contributed by atoms with Gasteiger partial charge >= 0.3 is 18.1 Å². The van der Waals surface area contributed by atoms with Crippen molar-refractivity contribution in [3.05, 3.63) is 35.9 Å². The number of carbonyl (C=O) groups is 5. The first-order chi connectivity index (χ1) is 22.1. The highest BCUT2D eigenvalue weighted by molar-refractivity contribution is 5.92. The Kier molecular flexibility index (Phi) is 15.1. The molecule has 2 aliphatic rings. The average molecular weight is 645 g/mol. The fourth-order valence-corrected chi connectivity index (χ4v) is 6.30. The summed E-state index contributed by atoms with van der Waals surface area (Å²) in [5.41, 5.74) is 6.37. The predicted octanol–water partition coefficient (Wildman–Crippen LogP) is 2.78. The van der Waals surface area contributed by atoms with Crippen molar-refractivity contribution in [1.29, 1.82) is 0 Å². The number of nitrogens with two attached hydrogens (primary N) is 1. The van der Waals surface area contributed by atoms with E-state index < -0.39 is 42.1 Å². The second kappa shape index (κ2) is 18.9. The Balaban J connectivity index is 1.55. The molecule has 1 aromatic carbocycles. The van der Waals surface area contributed by atoms with Crippen LogP contribution in [0.15, 0.2) is 30.3 Å². The van der Waals surface area contributed by atoms with Crippen LogP contribution in [0.5, 0.6) is 0 Å². The van der Waals surface area contributed by atoms with Gasteiger partial charge in [0.15, 0.2) is 0 Å². The number of urea groups is 1. The van der Waals surface area contributed by atoms with Crippen molar-refractivity contribution in [1.82, 2.24) is 26.6 Å². The van der Waals surface area contributed by atoms with Crippen LogP contribution < -0.4 is 32.3 Å². The van der Waals surface area contributed by atoms with Crippen molar-refractivity contribution in [3.63, 3.8) is 0 Å². The van der Waals surface area contributed by atoms with Crippen LogP contribution in [0, 0.1) is 17.8 Å². The third kappa shape index (κ3) is 12.1. The Bertz CT molecular complexity index is 1150. The number of nitrogens with one attached hydrogen (secondary N) is 5. The van der Waals surface area contributed by atoms with Gasteiger partial charge in [-0.25, -0.2) is 14.4 Å². The number of unbranched alkanes of at least 4 members (excludes halogenated alkanes) is 2.